The van der Waals surface area contributed by atoms with Gasteiger partial charge in [-0.15, -0.1) is 11.8 Å². The van der Waals surface area contributed by atoms with Crippen LogP contribution in [-0.4, -0.2) is 6.10 Å². The predicted molar refractivity (Wildman–Crippen MR) is 149 cm³/mol. The summed E-state index contributed by atoms with van der Waals surface area (Å²) in [5.74, 6) is 6.85. The van der Waals surface area contributed by atoms with Crippen LogP contribution in [0.25, 0.3) is 6.08 Å². The number of rotatable bonds is 13. The lowest BCUT2D eigenvalue weighted by molar-refractivity contribution is 0.221. The molecule has 0 saturated heterocycles. The van der Waals surface area contributed by atoms with Crippen molar-refractivity contribution in [3.63, 3.8) is 0 Å². The molecular weight excluding hydrogens is 463 g/mol. The molecule has 0 bridgehead atoms. The van der Waals surface area contributed by atoms with Crippen LogP contribution in [0.1, 0.15) is 70.1 Å². The Morgan fingerprint density at radius 2 is 1.93 bits per heavy atom. The van der Waals surface area contributed by atoms with Crippen LogP contribution in [0.4, 0.5) is 0 Å². The van der Waals surface area contributed by atoms with Crippen LogP contribution in [0.3, 0.4) is 0 Å². The molecule has 0 aromatic heterocycles. The number of unbranched alkanes of at least 4 members (excludes halogenated alkanes) is 1. The zero-order valence-electron chi connectivity index (χ0n) is 18.4. The van der Waals surface area contributed by atoms with Gasteiger partial charge in [0.1, 0.15) is 0 Å². The van der Waals surface area contributed by atoms with Crippen molar-refractivity contribution in [3.8, 4) is 11.8 Å². The first-order valence-electron chi connectivity index (χ1n) is 10.5. The third kappa shape index (κ3) is 11.8. The van der Waals surface area contributed by atoms with Gasteiger partial charge in [0.15, 0.2) is 0 Å². The first kappa shape index (κ1) is 28.4. The van der Waals surface area contributed by atoms with Crippen molar-refractivity contribution in [2.75, 3.05) is 0 Å². The molecule has 1 aromatic carbocycles. The molecular formula is C23H37O2P5. The van der Waals surface area contributed by atoms with Gasteiger partial charge in [0.25, 0.3) is 0 Å². The van der Waals surface area contributed by atoms with Crippen LogP contribution < -0.4 is 0 Å². The second-order valence-corrected chi connectivity index (χ2v) is 14.0. The van der Waals surface area contributed by atoms with Crippen molar-refractivity contribution in [2.45, 2.75) is 65.1 Å². The van der Waals surface area contributed by atoms with Crippen molar-refractivity contribution in [2.24, 2.45) is 5.92 Å². The fourth-order valence-electron chi connectivity index (χ4n) is 2.95. The van der Waals surface area contributed by atoms with Gasteiger partial charge < -0.3 is 9.05 Å². The molecule has 2 nitrogen and oxygen atoms in total. The lowest BCUT2D eigenvalue weighted by atomic mass is 9.96. The zero-order valence-corrected chi connectivity index (χ0v) is 23.7. The molecule has 166 valence electrons. The summed E-state index contributed by atoms with van der Waals surface area (Å²) in [5, 5.41) is 0. The molecule has 1 aromatic rings. The molecule has 0 aliphatic carbocycles. The summed E-state index contributed by atoms with van der Waals surface area (Å²) in [6.45, 7) is 6.53. The second-order valence-electron chi connectivity index (χ2n) is 7.03. The average molecular weight is 500 g/mol. The molecule has 0 aliphatic heterocycles. The fourth-order valence-corrected chi connectivity index (χ4v) is 5.25. The van der Waals surface area contributed by atoms with E-state index in [9.17, 15) is 0 Å². The number of allylic oxidation sites excluding steroid dienone is 2. The highest BCUT2D eigenvalue weighted by Crippen LogP contribution is 2.57. The van der Waals surface area contributed by atoms with Gasteiger partial charge in [0, 0.05) is 21.3 Å². The maximum absolute atomic E-state index is 6.21. The second kappa shape index (κ2) is 17.8. The minimum absolute atomic E-state index is 0.0385. The highest BCUT2D eigenvalue weighted by atomic mass is 32.4. The Bertz CT molecular complexity index is 709. The van der Waals surface area contributed by atoms with E-state index in [0.717, 1.165) is 19.3 Å². The Labute approximate surface area is 194 Å². The fraction of sp³-hybridized carbons (Fsp3) is 0.478. The Morgan fingerprint density at radius 1 is 1.17 bits per heavy atom. The lowest BCUT2D eigenvalue weighted by Gasteiger charge is -2.21. The summed E-state index contributed by atoms with van der Waals surface area (Å²) in [7, 11) is 7.95. The van der Waals surface area contributed by atoms with Crippen molar-refractivity contribution < 1.29 is 9.05 Å². The van der Waals surface area contributed by atoms with Crippen LogP contribution in [0, 0.1) is 17.8 Å². The smallest absolute Gasteiger partial charge is 0.0991 e. The van der Waals surface area contributed by atoms with Crippen molar-refractivity contribution in [3.05, 3.63) is 53.6 Å². The molecule has 7 atom stereocenters. The molecule has 0 radical (unpaired) electrons. The quantitative estimate of drug-likeness (QED) is 0.153. The first-order chi connectivity index (χ1) is 14.5. The van der Waals surface area contributed by atoms with E-state index in [1.807, 2.05) is 0 Å². The minimum atomic E-state index is -0.637. The molecule has 30 heavy (non-hydrogen) atoms. The number of hydrogen-bond donors (Lipinski definition) is 0. The van der Waals surface area contributed by atoms with Gasteiger partial charge in [0.05, 0.1) is 19.7 Å². The maximum atomic E-state index is 6.21. The van der Waals surface area contributed by atoms with Gasteiger partial charge in [-0.25, -0.2) is 0 Å². The summed E-state index contributed by atoms with van der Waals surface area (Å²) >= 11 is 0. The monoisotopic (exact) mass is 500 g/mol. The molecule has 0 aliphatic rings. The van der Waals surface area contributed by atoms with E-state index in [1.54, 1.807) is 0 Å². The SMILES string of the molecule is CCC#CCC(OP(P)P)c1ccccc1C=CC(OPP)C(C)CC=CCCC. The Kier molecular flexibility index (Phi) is 16.9. The van der Waals surface area contributed by atoms with Gasteiger partial charge in [-0.1, -0.05) is 103 Å². The van der Waals surface area contributed by atoms with E-state index in [4.69, 9.17) is 9.05 Å². The van der Waals surface area contributed by atoms with E-state index in [-0.39, 0.29) is 12.2 Å². The van der Waals surface area contributed by atoms with Crippen LogP contribution in [0.5, 0.6) is 0 Å². The summed E-state index contributed by atoms with van der Waals surface area (Å²) in [6.07, 6.45) is 13.9. The number of hydrogen-bond acceptors (Lipinski definition) is 2. The van der Waals surface area contributed by atoms with E-state index >= 15 is 0 Å². The largest absolute Gasteiger partial charge is 0.351 e. The van der Waals surface area contributed by atoms with Crippen LogP contribution in [-0.2, 0) is 9.05 Å². The zero-order chi connectivity index (χ0) is 22.2. The highest BCUT2D eigenvalue weighted by molar-refractivity contribution is 8.41. The molecule has 7 unspecified atom stereocenters. The average Bonchev–Trinajstić information content (AvgIpc) is 2.73. The van der Waals surface area contributed by atoms with E-state index in [0.29, 0.717) is 20.8 Å². The molecule has 0 amide bonds. The Balaban J connectivity index is 3.04. The van der Waals surface area contributed by atoms with Crippen LogP contribution >= 0.6 is 42.8 Å². The van der Waals surface area contributed by atoms with E-state index < -0.39 is 7.53 Å². The molecule has 0 N–H and O–H groups in total. The molecule has 0 saturated carbocycles. The standard InChI is InChI=1S/C23H37O2P5/c1-4-6-8-10-13-19(3)22(24-29-26)18-17-20-14-11-12-15-21(20)23(25-30(27)28)16-9-7-5-2/h8,10-12,14-15,17-19,22-23,29H,4-6,13,16,26-28H2,1-3H3. The summed E-state index contributed by atoms with van der Waals surface area (Å²) in [6, 6.07) is 8.45. The van der Waals surface area contributed by atoms with E-state index in [2.05, 4.69) is 108 Å². The van der Waals surface area contributed by atoms with Crippen LogP contribution in [0.15, 0.2) is 42.5 Å². The van der Waals surface area contributed by atoms with Crippen molar-refractivity contribution in [1.29, 1.82) is 0 Å². The molecule has 0 spiro atoms. The Hall–Kier alpha value is 0.330. The summed E-state index contributed by atoms with van der Waals surface area (Å²) < 4.78 is 12.3. The van der Waals surface area contributed by atoms with Crippen LogP contribution in [0.2, 0.25) is 0 Å². The van der Waals surface area contributed by atoms with Crippen molar-refractivity contribution in [1.82, 2.24) is 0 Å². The van der Waals surface area contributed by atoms with Gasteiger partial charge in [-0.3, -0.25) is 0 Å². The normalized spacial score (nSPS) is 15.2. The van der Waals surface area contributed by atoms with E-state index in [1.165, 1.54) is 17.5 Å². The van der Waals surface area contributed by atoms with Gasteiger partial charge in [-0.2, -0.15) is 0 Å². The Morgan fingerprint density at radius 3 is 2.60 bits per heavy atom. The first-order valence-corrected chi connectivity index (χ1v) is 17.7. The van der Waals surface area contributed by atoms with Gasteiger partial charge in [0.2, 0.25) is 0 Å². The third-order valence-corrected chi connectivity index (χ3v) is 6.59. The minimum Gasteiger partial charge on any atom is -0.351 e. The topological polar surface area (TPSA) is 18.5 Å². The third-order valence-electron chi connectivity index (χ3n) is 4.54. The molecule has 1 rings (SSSR count). The molecule has 0 fully saturated rings. The summed E-state index contributed by atoms with van der Waals surface area (Å²) in [5.41, 5.74) is 2.35. The molecule has 0 heterocycles. The number of benzene rings is 1. The molecule has 7 heteroatoms. The lowest BCUT2D eigenvalue weighted by Crippen LogP contribution is -2.15. The predicted octanol–water partition coefficient (Wildman–Crippen LogP) is 8.69. The maximum Gasteiger partial charge on any atom is 0.0991 e. The van der Waals surface area contributed by atoms with Gasteiger partial charge >= 0.3 is 0 Å². The van der Waals surface area contributed by atoms with Crippen molar-refractivity contribution >= 4 is 48.9 Å². The summed E-state index contributed by atoms with van der Waals surface area (Å²) in [4.78, 5) is 0. The highest BCUT2D eigenvalue weighted by Gasteiger charge is 2.17. The van der Waals surface area contributed by atoms with Gasteiger partial charge in [-0.05, 0) is 29.9 Å².